The fraction of sp³-hybridized carbons (Fsp3) is 0.111. The predicted molar refractivity (Wildman–Crippen MR) is 96.6 cm³/mol. The van der Waals surface area contributed by atoms with Crippen molar-refractivity contribution < 1.29 is 22.4 Å². The van der Waals surface area contributed by atoms with Gasteiger partial charge in [0.15, 0.2) is 0 Å². The van der Waals surface area contributed by atoms with E-state index in [-0.39, 0.29) is 28.3 Å². The average molecular weight is 413 g/mol. The van der Waals surface area contributed by atoms with Crippen molar-refractivity contribution in [1.29, 1.82) is 0 Å². The van der Waals surface area contributed by atoms with Gasteiger partial charge in [-0.2, -0.15) is 18.3 Å². The number of nitrogens with one attached hydrogen (secondary N) is 1. The zero-order valence-corrected chi connectivity index (χ0v) is 14.9. The fourth-order valence-corrected chi connectivity index (χ4v) is 2.79. The summed E-state index contributed by atoms with van der Waals surface area (Å²) in [5.41, 5.74) is 1.60. The quantitative estimate of drug-likeness (QED) is 0.224. The molecule has 0 aliphatic rings. The SMILES string of the molecule is NNC(=O)/C=C/c1nn(Cc2ccc(Cl)cc2F)c2cc(C(F)(F)F)ccc12. The summed E-state index contributed by atoms with van der Waals surface area (Å²) in [6.45, 7) is -0.127. The molecule has 28 heavy (non-hydrogen) atoms. The number of nitrogens with zero attached hydrogens (tertiary/aromatic N) is 2. The number of hydrogen-bond acceptors (Lipinski definition) is 3. The molecule has 3 rings (SSSR count). The van der Waals surface area contributed by atoms with Gasteiger partial charge in [-0.3, -0.25) is 14.9 Å². The largest absolute Gasteiger partial charge is 0.416 e. The van der Waals surface area contributed by atoms with Crippen molar-refractivity contribution >= 4 is 34.5 Å². The summed E-state index contributed by atoms with van der Waals surface area (Å²) in [5.74, 6) is 3.78. The highest BCUT2D eigenvalue weighted by Gasteiger charge is 2.31. The van der Waals surface area contributed by atoms with Crippen LogP contribution in [0.4, 0.5) is 17.6 Å². The van der Waals surface area contributed by atoms with Crippen LogP contribution in [0.15, 0.2) is 42.5 Å². The lowest BCUT2D eigenvalue weighted by Crippen LogP contribution is -2.27. The molecular weight excluding hydrogens is 400 g/mol. The molecule has 0 radical (unpaired) electrons. The molecule has 0 atom stereocenters. The van der Waals surface area contributed by atoms with E-state index in [9.17, 15) is 22.4 Å². The van der Waals surface area contributed by atoms with Gasteiger partial charge >= 0.3 is 6.18 Å². The molecule has 0 aliphatic heterocycles. The number of nitrogens with two attached hydrogens (primary N) is 1. The Balaban J connectivity index is 2.13. The molecule has 0 unspecified atom stereocenters. The molecule has 0 fully saturated rings. The van der Waals surface area contributed by atoms with Crippen LogP contribution in [-0.2, 0) is 17.5 Å². The van der Waals surface area contributed by atoms with Gasteiger partial charge in [0.05, 0.1) is 23.3 Å². The van der Waals surface area contributed by atoms with Gasteiger partial charge in [0.1, 0.15) is 5.82 Å². The number of amides is 1. The van der Waals surface area contributed by atoms with E-state index in [4.69, 9.17) is 17.4 Å². The van der Waals surface area contributed by atoms with Gasteiger partial charge in [0.25, 0.3) is 5.91 Å². The zero-order valence-electron chi connectivity index (χ0n) is 14.1. The van der Waals surface area contributed by atoms with Gasteiger partial charge in [-0.25, -0.2) is 10.2 Å². The minimum Gasteiger partial charge on any atom is -0.291 e. The van der Waals surface area contributed by atoms with Crippen LogP contribution in [0.25, 0.3) is 17.0 Å². The first-order valence-electron chi connectivity index (χ1n) is 7.89. The second-order valence-corrected chi connectivity index (χ2v) is 6.29. The topological polar surface area (TPSA) is 72.9 Å². The smallest absolute Gasteiger partial charge is 0.291 e. The first kappa shape index (κ1) is 19.8. The van der Waals surface area contributed by atoms with Gasteiger partial charge < -0.3 is 0 Å². The van der Waals surface area contributed by atoms with Gasteiger partial charge in [-0.05, 0) is 36.4 Å². The normalized spacial score (nSPS) is 12.1. The van der Waals surface area contributed by atoms with Crippen molar-refractivity contribution in [2.24, 2.45) is 5.84 Å². The third-order valence-electron chi connectivity index (χ3n) is 3.98. The lowest BCUT2D eigenvalue weighted by atomic mass is 10.1. The molecule has 5 nitrogen and oxygen atoms in total. The summed E-state index contributed by atoms with van der Waals surface area (Å²) in [4.78, 5) is 11.3. The Labute approximate surface area is 161 Å². The first-order chi connectivity index (χ1) is 13.2. The highest BCUT2D eigenvalue weighted by Crippen LogP contribution is 2.33. The van der Waals surface area contributed by atoms with E-state index < -0.39 is 23.5 Å². The van der Waals surface area contributed by atoms with Crippen molar-refractivity contribution in [3.8, 4) is 0 Å². The number of rotatable bonds is 4. The Bertz CT molecular complexity index is 1080. The highest BCUT2D eigenvalue weighted by atomic mass is 35.5. The molecule has 0 aliphatic carbocycles. The second-order valence-electron chi connectivity index (χ2n) is 5.85. The monoisotopic (exact) mass is 412 g/mol. The number of hydrazine groups is 1. The molecule has 0 bridgehead atoms. The van der Waals surface area contributed by atoms with E-state index in [1.54, 1.807) is 0 Å². The molecule has 3 N–H and O–H groups in total. The molecular formula is C18H13ClF4N4O. The maximum absolute atomic E-state index is 14.1. The molecule has 10 heteroatoms. The van der Waals surface area contributed by atoms with Crippen molar-refractivity contribution in [3.63, 3.8) is 0 Å². The number of hydrogen-bond donors (Lipinski definition) is 2. The molecule has 1 heterocycles. The maximum atomic E-state index is 14.1. The van der Waals surface area contributed by atoms with Gasteiger partial charge in [-0.1, -0.05) is 17.7 Å². The summed E-state index contributed by atoms with van der Waals surface area (Å²) in [6.07, 6.45) is -2.15. The van der Waals surface area contributed by atoms with Crippen LogP contribution < -0.4 is 11.3 Å². The van der Waals surface area contributed by atoms with E-state index >= 15 is 0 Å². The Morgan fingerprint density at radius 1 is 1.25 bits per heavy atom. The van der Waals surface area contributed by atoms with E-state index in [1.165, 1.54) is 29.0 Å². The number of fused-ring (bicyclic) bond motifs is 1. The molecule has 0 saturated carbocycles. The molecule has 0 spiro atoms. The third-order valence-corrected chi connectivity index (χ3v) is 4.21. The number of benzene rings is 2. The molecule has 0 saturated heterocycles. The van der Waals surface area contributed by atoms with Crippen LogP contribution in [-0.4, -0.2) is 15.7 Å². The van der Waals surface area contributed by atoms with Crippen LogP contribution in [0.5, 0.6) is 0 Å². The number of alkyl halides is 3. The maximum Gasteiger partial charge on any atom is 0.416 e. The van der Waals surface area contributed by atoms with Crippen molar-refractivity contribution in [2.75, 3.05) is 0 Å². The summed E-state index contributed by atoms with van der Waals surface area (Å²) < 4.78 is 54.7. The fourth-order valence-electron chi connectivity index (χ4n) is 2.63. The summed E-state index contributed by atoms with van der Waals surface area (Å²) in [5, 5.41) is 4.78. The van der Waals surface area contributed by atoms with E-state index in [0.29, 0.717) is 5.39 Å². The van der Waals surface area contributed by atoms with Crippen LogP contribution in [0.3, 0.4) is 0 Å². The molecule has 2 aromatic carbocycles. The van der Waals surface area contributed by atoms with E-state index in [0.717, 1.165) is 24.3 Å². The lowest BCUT2D eigenvalue weighted by molar-refractivity contribution is -0.137. The zero-order chi connectivity index (χ0) is 20.5. The van der Waals surface area contributed by atoms with Gasteiger partial charge in [-0.15, -0.1) is 0 Å². The average Bonchev–Trinajstić information content (AvgIpc) is 2.98. The van der Waals surface area contributed by atoms with Gasteiger partial charge in [0.2, 0.25) is 0 Å². The Hall–Kier alpha value is -2.91. The number of carbonyl (C=O) groups is 1. The first-order valence-corrected chi connectivity index (χ1v) is 8.27. The Morgan fingerprint density at radius 2 is 2.00 bits per heavy atom. The number of halogens is 5. The van der Waals surface area contributed by atoms with E-state index in [1.807, 2.05) is 5.43 Å². The standard InChI is InChI=1S/C18H13ClF4N4O/c19-12-3-1-10(14(20)8-12)9-27-16-7-11(18(21,22)23)2-4-13(16)15(26-27)5-6-17(28)25-24/h1-8H,9,24H2,(H,25,28)/b6-5+. The predicted octanol–water partition coefficient (Wildman–Crippen LogP) is 3.90. The lowest BCUT2D eigenvalue weighted by Gasteiger charge is -2.09. The van der Waals surface area contributed by atoms with Gasteiger partial charge in [0, 0.05) is 22.0 Å². The minimum atomic E-state index is -4.55. The number of carbonyl (C=O) groups excluding carboxylic acids is 1. The highest BCUT2D eigenvalue weighted by molar-refractivity contribution is 6.30. The van der Waals surface area contributed by atoms with Crippen LogP contribution in [0, 0.1) is 5.82 Å². The van der Waals surface area contributed by atoms with Crippen molar-refractivity contribution in [1.82, 2.24) is 15.2 Å². The summed E-state index contributed by atoms with van der Waals surface area (Å²) >= 11 is 5.73. The second kappa shape index (κ2) is 7.61. The summed E-state index contributed by atoms with van der Waals surface area (Å²) in [6, 6.07) is 7.10. The molecule has 146 valence electrons. The van der Waals surface area contributed by atoms with Crippen molar-refractivity contribution in [2.45, 2.75) is 12.7 Å². The molecule has 3 aromatic rings. The van der Waals surface area contributed by atoms with E-state index in [2.05, 4.69) is 5.10 Å². The molecule has 1 aromatic heterocycles. The van der Waals surface area contributed by atoms with Crippen LogP contribution in [0.2, 0.25) is 5.02 Å². The van der Waals surface area contributed by atoms with Crippen LogP contribution in [0.1, 0.15) is 16.8 Å². The molecule has 1 amide bonds. The number of aromatic nitrogens is 2. The van der Waals surface area contributed by atoms with Crippen molar-refractivity contribution in [3.05, 3.63) is 70.1 Å². The summed E-state index contributed by atoms with van der Waals surface area (Å²) in [7, 11) is 0. The van der Waals surface area contributed by atoms with Crippen LogP contribution >= 0.6 is 11.6 Å². The minimum absolute atomic E-state index is 0.127. The Morgan fingerprint density at radius 3 is 2.64 bits per heavy atom. The Kier molecular flexibility index (Phi) is 5.39. The third kappa shape index (κ3) is 4.15.